The van der Waals surface area contributed by atoms with Gasteiger partial charge in [0.1, 0.15) is 5.78 Å². The summed E-state index contributed by atoms with van der Waals surface area (Å²) in [5.41, 5.74) is 0.700. The first-order chi connectivity index (χ1) is 9.27. The van der Waals surface area contributed by atoms with Crippen LogP contribution in [0.15, 0.2) is 0 Å². The van der Waals surface area contributed by atoms with Gasteiger partial charge < -0.3 is 4.90 Å². The Morgan fingerprint density at radius 2 is 1.68 bits per heavy atom. The molecule has 2 heteroatoms. The van der Waals surface area contributed by atoms with Gasteiger partial charge in [-0.3, -0.25) is 4.79 Å². The Kier molecular flexibility index (Phi) is 4.26. The van der Waals surface area contributed by atoms with Crippen molar-refractivity contribution >= 4 is 5.78 Å². The minimum absolute atomic E-state index is 0.370. The van der Waals surface area contributed by atoms with Gasteiger partial charge in [-0.25, -0.2) is 0 Å². The quantitative estimate of drug-likeness (QED) is 0.755. The minimum atomic E-state index is 0.370. The van der Waals surface area contributed by atoms with Crippen molar-refractivity contribution in [2.75, 3.05) is 19.6 Å². The smallest absolute Gasteiger partial charge is 0.137 e. The molecule has 1 aliphatic heterocycles. The highest BCUT2D eigenvalue weighted by molar-refractivity contribution is 5.81. The second-order valence-corrected chi connectivity index (χ2v) is 7.27. The van der Waals surface area contributed by atoms with Crippen molar-refractivity contribution in [2.45, 2.75) is 70.6 Å². The van der Waals surface area contributed by atoms with E-state index in [0.29, 0.717) is 17.1 Å². The van der Waals surface area contributed by atoms with Crippen LogP contribution in [0.2, 0.25) is 0 Å². The fourth-order valence-corrected chi connectivity index (χ4v) is 4.57. The maximum absolute atomic E-state index is 11.9. The fourth-order valence-electron chi connectivity index (χ4n) is 4.57. The van der Waals surface area contributed by atoms with E-state index >= 15 is 0 Å². The molecule has 2 nitrogen and oxygen atoms in total. The highest BCUT2D eigenvalue weighted by Gasteiger charge is 2.36. The summed E-state index contributed by atoms with van der Waals surface area (Å²) in [5, 5.41) is 0. The van der Waals surface area contributed by atoms with Crippen molar-refractivity contribution in [3.05, 3.63) is 0 Å². The molecule has 1 saturated heterocycles. The molecule has 19 heavy (non-hydrogen) atoms. The fraction of sp³-hybridized carbons (Fsp3) is 0.941. The van der Waals surface area contributed by atoms with Crippen LogP contribution in [0.25, 0.3) is 0 Å². The molecule has 0 radical (unpaired) electrons. The number of Topliss-reactive ketones (excluding diaryl/α,β-unsaturated/α-hetero) is 1. The SMILES string of the molecule is O=C1CCCCC1CN1CCC2(CCCCC2)CC1. The second kappa shape index (κ2) is 5.95. The Bertz CT molecular complexity index is 309. The number of likely N-dealkylation sites (tertiary alicyclic amines) is 1. The largest absolute Gasteiger partial charge is 0.303 e. The Morgan fingerprint density at radius 1 is 0.947 bits per heavy atom. The number of piperidine rings is 1. The molecule has 3 rings (SSSR count). The van der Waals surface area contributed by atoms with Crippen LogP contribution in [-0.4, -0.2) is 30.3 Å². The van der Waals surface area contributed by atoms with Crippen molar-refractivity contribution in [3.63, 3.8) is 0 Å². The molecule has 0 N–H and O–H groups in total. The van der Waals surface area contributed by atoms with Gasteiger partial charge in [0.05, 0.1) is 0 Å². The molecule has 2 aliphatic carbocycles. The summed E-state index contributed by atoms with van der Waals surface area (Å²) in [6.45, 7) is 3.57. The summed E-state index contributed by atoms with van der Waals surface area (Å²) < 4.78 is 0. The van der Waals surface area contributed by atoms with Gasteiger partial charge in [-0.15, -0.1) is 0 Å². The van der Waals surface area contributed by atoms with E-state index in [4.69, 9.17) is 0 Å². The van der Waals surface area contributed by atoms with Crippen LogP contribution < -0.4 is 0 Å². The van der Waals surface area contributed by atoms with Crippen molar-refractivity contribution in [1.29, 1.82) is 0 Å². The topological polar surface area (TPSA) is 20.3 Å². The predicted octanol–water partition coefficient (Wildman–Crippen LogP) is 3.79. The number of hydrogen-bond acceptors (Lipinski definition) is 2. The molecule has 0 bridgehead atoms. The molecule has 108 valence electrons. The highest BCUT2D eigenvalue weighted by Crippen LogP contribution is 2.44. The number of carbonyl (C=O) groups excluding carboxylic acids is 1. The first kappa shape index (κ1) is 13.6. The third-order valence-electron chi connectivity index (χ3n) is 5.99. The van der Waals surface area contributed by atoms with Crippen LogP contribution in [0.5, 0.6) is 0 Å². The Labute approximate surface area is 117 Å². The lowest BCUT2D eigenvalue weighted by Crippen LogP contribution is -2.44. The van der Waals surface area contributed by atoms with Gasteiger partial charge in [0.25, 0.3) is 0 Å². The van der Waals surface area contributed by atoms with E-state index in [1.54, 1.807) is 0 Å². The van der Waals surface area contributed by atoms with E-state index < -0.39 is 0 Å². The third kappa shape index (κ3) is 3.21. The van der Waals surface area contributed by atoms with Crippen LogP contribution in [0, 0.1) is 11.3 Å². The van der Waals surface area contributed by atoms with Gasteiger partial charge in [-0.05, 0) is 57.0 Å². The summed E-state index contributed by atoms with van der Waals surface area (Å²) in [6, 6.07) is 0. The minimum Gasteiger partial charge on any atom is -0.303 e. The van der Waals surface area contributed by atoms with Crippen molar-refractivity contribution < 1.29 is 4.79 Å². The van der Waals surface area contributed by atoms with Gasteiger partial charge >= 0.3 is 0 Å². The molecule has 3 aliphatic rings. The lowest BCUT2D eigenvalue weighted by atomic mass is 9.68. The molecule has 2 saturated carbocycles. The summed E-state index contributed by atoms with van der Waals surface area (Å²) in [6.07, 6.45) is 14.5. The average molecular weight is 263 g/mol. The maximum Gasteiger partial charge on any atom is 0.137 e. The van der Waals surface area contributed by atoms with Crippen LogP contribution in [0.1, 0.15) is 70.6 Å². The monoisotopic (exact) mass is 263 g/mol. The molecule has 0 aromatic carbocycles. The summed E-state index contributed by atoms with van der Waals surface area (Å²) >= 11 is 0. The predicted molar refractivity (Wildman–Crippen MR) is 78.2 cm³/mol. The van der Waals surface area contributed by atoms with Crippen LogP contribution in [-0.2, 0) is 4.79 Å². The Balaban J connectivity index is 1.48. The molecule has 0 amide bonds. The maximum atomic E-state index is 11.9. The van der Waals surface area contributed by atoms with E-state index in [9.17, 15) is 4.79 Å². The molecule has 1 heterocycles. The van der Waals surface area contributed by atoms with E-state index in [1.165, 1.54) is 64.5 Å². The van der Waals surface area contributed by atoms with Gasteiger partial charge in [0.2, 0.25) is 0 Å². The Hall–Kier alpha value is -0.370. The van der Waals surface area contributed by atoms with Crippen molar-refractivity contribution in [2.24, 2.45) is 11.3 Å². The van der Waals surface area contributed by atoms with Crippen LogP contribution in [0.4, 0.5) is 0 Å². The molecule has 3 fully saturated rings. The van der Waals surface area contributed by atoms with Gasteiger partial charge in [-0.1, -0.05) is 25.7 Å². The van der Waals surface area contributed by atoms with Gasteiger partial charge in [-0.2, -0.15) is 0 Å². The van der Waals surface area contributed by atoms with Crippen LogP contribution in [0.3, 0.4) is 0 Å². The Morgan fingerprint density at radius 3 is 2.37 bits per heavy atom. The van der Waals surface area contributed by atoms with E-state index in [0.717, 1.165) is 25.8 Å². The van der Waals surface area contributed by atoms with E-state index in [2.05, 4.69) is 4.90 Å². The average Bonchev–Trinajstić information content (AvgIpc) is 2.45. The van der Waals surface area contributed by atoms with Gasteiger partial charge in [0, 0.05) is 18.9 Å². The van der Waals surface area contributed by atoms with Gasteiger partial charge in [0.15, 0.2) is 0 Å². The second-order valence-electron chi connectivity index (χ2n) is 7.27. The number of nitrogens with zero attached hydrogens (tertiary/aromatic N) is 1. The van der Waals surface area contributed by atoms with E-state index in [-0.39, 0.29) is 0 Å². The number of ketones is 1. The van der Waals surface area contributed by atoms with Crippen LogP contribution >= 0.6 is 0 Å². The zero-order valence-corrected chi connectivity index (χ0v) is 12.3. The molecule has 1 spiro atoms. The normalized spacial score (nSPS) is 32.6. The van der Waals surface area contributed by atoms with Crippen molar-refractivity contribution in [1.82, 2.24) is 4.90 Å². The van der Waals surface area contributed by atoms with Crippen molar-refractivity contribution in [3.8, 4) is 0 Å². The first-order valence-corrected chi connectivity index (χ1v) is 8.53. The molecular formula is C17H29NO. The number of carbonyl (C=O) groups is 1. The lowest BCUT2D eigenvalue weighted by Gasteiger charge is -2.45. The summed E-state index contributed by atoms with van der Waals surface area (Å²) in [7, 11) is 0. The third-order valence-corrected chi connectivity index (χ3v) is 5.99. The number of rotatable bonds is 2. The first-order valence-electron chi connectivity index (χ1n) is 8.53. The summed E-state index contributed by atoms with van der Waals surface area (Å²) in [4.78, 5) is 14.5. The van der Waals surface area contributed by atoms with E-state index in [1.807, 2.05) is 0 Å². The molecule has 0 aromatic heterocycles. The lowest BCUT2D eigenvalue weighted by molar-refractivity contribution is -0.125. The molecule has 1 atom stereocenters. The molecular weight excluding hydrogens is 234 g/mol. The number of hydrogen-bond donors (Lipinski definition) is 0. The zero-order chi connectivity index (χ0) is 13.1. The zero-order valence-electron chi connectivity index (χ0n) is 12.3. The highest BCUT2D eigenvalue weighted by atomic mass is 16.1. The standard InChI is InChI=1S/C17H29NO/c19-16-7-3-2-6-15(16)14-18-12-10-17(11-13-18)8-4-1-5-9-17/h15H,1-14H2. The molecule has 0 aromatic rings. The summed E-state index contributed by atoms with van der Waals surface area (Å²) in [5.74, 6) is 0.915. The molecule has 1 unspecified atom stereocenters.